The van der Waals surface area contributed by atoms with Gasteiger partial charge in [-0.2, -0.15) is 4.98 Å². The molecular weight excluding hydrogens is 206 g/mol. The highest BCUT2D eigenvalue weighted by molar-refractivity contribution is 4.97. The molecule has 1 aliphatic heterocycles. The zero-order chi connectivity index (χ0) is 11.6. The van der Waals surface area contributed by atoms with Gasteiger partial charge in [-0.05, 0) is 6.42 Å². The number of β-amino-alcohol motifs (C(OH)–C–C–N with tert-alkyl or cyclic N) is 1. The molecule has 0 bridgehead atoms. The van der Waals surface area contributed by atoms with E-state index in [0.717, 1.165) is 38.2 Å². The fourth-order valence-corrected chi connectivity index (χ4v) is 2.22. The number of aliphatic hydroxyl groups is 1. The van der Waals surface area contributed by atoms with Gasteiger partial charge in [0.05, 0.1) is 12.1 Å². The van der Waals surface area contributed by atoms with Gasteiger partial charge in [0, 0.05) is 19.5 Å². The summed E-state index contributed by atoms with van der Waals surface area (Å²) in [5, 5.41) is 13.9. The largest absolute Gasteiger partial charge is 0.387 e. The van der Waals surface area contributed by atoms with Gasteiger partial charge >= 0.3 is 0 Å². The summed E-state index contributed by atoms with van der Waals surface area (Å²) in [7, 11) is 0. The highest BCUT2D eigenvalue weighted by Crippen LogP contribution is 2.26. The van der Waals surface area contributed by atoms with Gasteiger partial charge in [0.2, 0.25) is 5.89 Å². The van der Waals surface area contributed by atoms with E-state index < -0.39 is 5.60 Å². The molecule has 1 aromatic rings. The lowest BCUT2D eigenvalue weighted by molar-refractivity contribution is -0.107. The molecule has 16 heavy (non-hydrogen) atoms. The van der Waals surface area contributed by atoms with E-state index in [-0.39, 0.29) is 0 Å². The van der Waals surface area contributed by atoms with Crippen LogP contribution in [0, 0.1) is 0 Å². The third-order valence-corrected chi connectivity index (χ3v) is 2.93. The molecule has 1 aromatic heterocycles. The molecule has 0 aliphatic carbocycles. The number of rotatable bonds is 5. The minimum atomic E-state index is -0.480. The number of hydrogen-bond donors (Lipinski definition) is 1. The summed E-state index contributed by atoms with van der Waals surface area (Å²) >= 11 is 0. The van der Waals surface area contributed by atoms with Crippen LogP contribution in [-0.2, 0) is 13.0 Å². The van der Waals surface area contributed by atoms with Crippen LogP contribution in [0.25, 0.3) is 0 Å². The lowest BCUT2D eigenvalue weighted by Crippen LogP contribution is -2.61. The molecule has 0 saturated carbocycles. The van der Waals surface area contributed by atoms with E-state index >= 15 is 0 Å². The number of hydrogen-bond acceptors (Lipinski definition) is 5. The third kappa shape index (κ3) is 2.41. The summed E-state index contributed by atoms with van der Waals surface area (Å²) in [6.45, 7) is 6.19. The molecule has 5 nitrogen and oxygen atoms in total. The monoisotopic (exact) mass is 225 g/mol. The van der Waals surface area contributed by atoms with E-state index in [4.69, 9.17) is 4.52 Å². The van der Waals surface area contributed by atoms with Crippen molar-refractivity contribution >= 4 is 0 Å². The molecule has 5 heteroatoms. The highest BCUT2D eigenvalue weighted by Gasteiger charge is 2.40. The maximum Gasteiger partial charge on any atom is 0.226 e. The van der Waals surface area contributed by atoms with Crippen molar-refractivity contribution in [2.45, 2.75) is 45.3 Å². The molecule has 0 aromatic carbocycles. The maximum atomic E-state index is 10.0. The van der Waals surface area contributed by atoms with Crippen molar-refractivity contribution in [1.82, 2.24) is 15.0 Å². The van der Waals surface area contributed by atoms with E-state index in [9.17, 15) is 5.11 Å². The number of aromatic nitrogens is 2. The minimum Gasteiger partial charge on any atom is -0.387 e. The van der Waals surface area contributed by atoms with Crippen molar-refractivity contribution in [3.63, 3.8) is 0 Å². The van der Waals surface area contributed by atoms with Crippen LogP contribution < -0.4 is 0 Å². The average Bonchev–Trinajstić information content (AvgIpc) is 2.64. The predicted octanol–water partition coefficient (Wildman–Crippen LogP) is 0.979. The Morgan fingerprint density at radius 2 is 2.19 bits per heavy atom. The van der Waals surface area contributed by atoms with Crippen LogP contribution in [0.4, 0.5) is 0 Å². The Bertz CT molecular complexity index is 345. The van der Waals surface area contributed by atoms with E-state index in [0.29, 0.717) is 12.4 Å². The Morgan fingerprint density at radius 3 is 2.75 bits per heavy atom. The highest BCUT2D eigenvalue weighted by atomic mass is 16.5. The van der Waals surface area contributed by atoms with Crippen LogP contribution in [0.2, 0.25) is 0 Å². The topological polar surface area (TPSA) is 62.4 Å². The second kappa shape index (κ2) is 4.51. The van der Waals surface area contributed by atoms with Gasteiger partial charge in [-0.3, -0.25) is 4.90 Å². The van der Waals surface area contributed by atoms with E-state index in [1.54, 1.807) is 0 Å². The van der Waals surface area contributed by atoms with Crippen molar-refractivity contribution in [2.24, 2.45) is 0 Å². The standard InChI is InChI=1S/C11H19N3O2/c1-3-5-11(15)7-14(8-11)6-9-12-10(4-2)16-13-9/h15H,3-8H2,1-2H3. The Balaban J connectivity index is 1.81. The van der Waals surface area contributed by atoms with Gasteiger partial charge in [-0.15, -0.1) is 0 Å². The van der Waals surface area contributed by atoms with Crippen LogP contribution >= 0.6 is 0 Å². The Hall–Kier alpha value is -0.940. The second-order valence-corrected chi connectivity index (χ2v) is 4.58. The molecule has 0 radical (unpaired) electrons. The first kappa shape index (κ1) is 11.5. The van der Waals surface area contributed by atoms with Gasteiger partial charge in [-0.25, -0.2) is 0 Å². The molecule has 0 unspecified atom stereocenters. The molecule has 1 aliphatic rings. The zero-order valence-electron chi connectivity index (χ0n) is 9.94. The Kier molecular flexibility index (Phi) is 3.25. The van der Waals surface area contributed by atoms with Crippen molar-refractivity contribution in [3.8, 4) is 0 Å². The van der Waals surface area contributed by atoms with Gasteiger partial charge in [0.25, 0.3) is 0 Å². The van der Waals surface area contributed by atoms with E-state index in [2.05, 4.69) is 22.0 Å². The summed E-state index contributed by atoms with van der Waals surface area (Å²) < 4.78 is 5.03. The smallest absolute Gasteiger partial charge is 0.226 e. The summed E-state index contributed by atoms with van der Waals surface area (Å²) in [5.41, 5.74) is -0.480. The fraction of sp³-hybridized carbons (Fsp3) is 0.818. The number of likely N-dealkylation sites (tertiary alicyclic amines) is 1. The molecule has 90 valence electrons. The minimum absolute atomic E-state index is 0.480. The van der Waals surface area contributed by atoms with Gasteiger partial charge < -0.3 is 9.63 Å². The SMILES string of the molecule is CCCC1(O)CN(Cc2noc(CC)n2)C1. The molecule has 2 heterocycles. The lowest BCUT2D eigenvalue weighted by Gasteiger charge is -2.46. The summed E-state index contributed by atoms with van der Waals surface area (Å²) in [4.78, 5) is 6.38. The van der Waals surface area contributed by atoms with Crippen molar-refractivity contribution < 1.29 is 9.63 Å². The van der Waals surface area contributed by atoms with Gasteiger partial charge in [0.15, 0.2) is 5.82 Å². The second-order valence-electron chi connectivity index (χ2n) is 4.58. The third-order valence-electron chi connectivity index (χ3n) is 2.93. The molecule has 0 atom stereocenters. The predicted molar refractivity (Wildman–Crippen MR) is 58.8 cm³/mol. The molecule has 0 spiro atoms. The Labute approximate surface area is 95.4 Å². The number of nitrogens with zero attached hydrogens (tertiary/aromatic N) is 3. The number of aryl methyl sites for hydroxylation is 1. The first-order valence-electron chi connectivity index (χ1n) is 5.91. The molecule has 1 saturated heterocycles. The molecule has 0 amide bonds. The van der Waals surface area contributed by atoms with Crippen LogP contribution in [0.5, 0.6) is 0 Å². The maximum absolute atomic E-state index is 10.0. The molecule has 2 rings (SSSR count). The van der Waals surface area contributed by atoms with Gasteiger partial charge in [0.1, 0.15) is 0 Å². The molecular formula is C11H19N3O2. The fourth-order valence-electron chi connectivity index (χ4n) is 2.22. The van der Waals surface area contributed by atoms with Gasteiger partial charge in [-0.1, -0.05) is 25.4 Å². The quantitative estimate of drug-likeness (QED) is 0.809. The summed E-state index contributed by atoms with van der Waals surface area (Å²) in [6, 6.07) is 0. The first-order valence-corrected chi connectivity index (χ1v) is 5.91. The van der Waals surface area contributed by atoms with E-state index in [1.165, 1.54) is 0 Å². The summed E-state index contributed by atoms with van der Waals surface area (Å²) in [5.74, 6) is 1.40. The molecule has 1 N–H and O–H groups in total. The van der Waals surface area contributed by atoms with Crippen molar-refractivity contribution in [2.75, 3.05) is 13.1 Å². The van der Waals surface area contributed by atoms with Crippen molar-refractivity contribution in [1.29, 1.82) is 0 Å². The van der Waals surface area contributed by atoms with Crippen molar-refractivity contribution in [3.05, 3.63) is 11.7 Å². The van der Waals surface area contributed by atoms with Crippen LogP contribution in [0.15, 0.2) is 4.52 Å². The molecule has 1 fully saturated rings. The first-order chi connectivity index (χ1) is 7.65. The average molecular weight is 225 g/mol. The zero-order valence-corrected chi connectivity index (χ0v) is 9.94. The van der Waals surface area contributed by atoms with E-state index in [1.807, 2.05) is 6.92 Å². The summed E-state index contributed by atoms with van der Waals surface area (Å²) in [6.07, 6.45) is 2.66. The van der Waals surface area contributed by atoms with Crippen LogP contribution in [-0.4, -0.2) is 38.8 Å². The Morgan fingerprint density at radius 1 is 1.44 bits per heavy atom. The normalized spacial score (nSPS) is 19.7. The van der Waals surface area contributed by atoms with Crippen LogP contribution in [0.3, 0.4) is 0 Å². The van der Waals surface area contributed by atoms with Crippen LogP contribution in [0.1, 0.15) is 38.4 Å². The lowest BCUT2D eigenvalue weighted by atomic mass is 9.89.